The van der Waals surface area contributed by atoms with E-state index in [4.69, 9.17) is 14.8 Å². The molecule has 6 rings (SSSR count). The Bertz CT molecular complexity index is 1290. The molecule has 0 saturated heterocycles. The first-order chi connectivity index (χ1) is 18.4. The van der Waals surface area contributed by atoms with Gasteiger partial charge in [-0.2, -0.15) is 13.2 Å². The number of benzene rings is 3. The van der Waals surface area contributed by atoms with E-state index in [0.29, 0.717) is 17.6 Å². The molecule has 7 heteroatoms. The van der Waals surface area contributed by atoms with Gasteiger partial charge in [0, 0.05) is 5.56 Å². The highest BCUT2D eigenvalue weighted by Crippen LogP contribution is 2.54. The van der Waals surface area contributed by atoms with Gasteiger partial charge in [0.2, 0.25) is 0 Å². The fraction of sp³-hybridized carbons (Fsp3) is 0.419. The maximum absolute atomic E-state index is 13.6. The Hall–Kier alpha value is -2.77. The Kier molecular flexibility index (Phi) is 7.87. The van der Waals surface area contributed by atoms with E-state index in [1.807, 2.05) is 0 Å². The number of halogens is 3. The van der Waals surface area contributed by atoms with Crippen LogP contribution in [-0.4, -0.2) is 24.8 Å². The SMILES string of the molecule is COc1cc(C(F)(F)F)ccc1-c1c2c(cc(C3CCCC3)c1C1CCCC1)-c1ccccc1C2.O[B]O. The molecule has 0 aliphatic heterocycles. The molecule has 0 spiro atoms. The Labute approximate surface area is 223 Å². The van der Waals surface area contributed by atoms with Crippen molar-refractivity contribution in [3.05, 3.63) is 76.3 Å². The van der Waals surface area contributed by atoms with Crippen LogP contribution in [0.15, 0.2) is 48.5 Å². The smallest absolute Gasteiger partial charge is 0.482 e. The first kappa shape index (κ1) is 26.8. The highest BCUT2D eigenvalue weighted by molar-refractivity contribution is 6.13. The summed E-state index contributed by atoms with van der Waals surface area (Å²) in [5.41, 5.74) is 9.24. The van der Waals surface area contributed by atoms with Crippen LogP contribution in [0.4, 0.5) is 13.2 Å². The average molecular weight is 521 g/mol. The molecule has 0 heterocycles. The van der Waals surface area contributed by atoms with Crippen LogP contribution in [0.1, 0.15) is 91.0 Å². The minimum Gasteiger partial charge on any atom is -0.496 e. The minimum absolute atomic E-state index is 0. The fourth-order valence-corrected chi connectivity index (χ4v) is 6.92. The summed E-state index contributed by atoms with van der Waals surface area (Å²) in [6.45, 7) is 0. The molecule has 2 fully saturated rings. The molecule has 3 aliphatic rings. The lowest BCUT2D eigenvalue weighted by molar-refractivity contribution is -0.137. The van der Waals surface area contributed by atoms with E-state index < -0.39 is 11.7 Å². The summed E-state index contributed by atoms with van der Waals surface area (Å²) in [4.78, 5) is 0. The monoisotopic (exact) mass is 521 g/mol. The van der Waals surface area contributed by atoms with Gasteiger partial charge in [-0.05, 0) is 95.0 Å². The van der Waals surface area contributed by atoms with E-state index in [-0.39, 0.29) is 7.69 Å². The van der Waals surface area contributed by atoms with Crippen molar-refractivity contribution in [2.24, 2.45) is 0 Å². The van der Waals surface area contributed by atoms with Crippen molar-refractivity contribution in [1.29, 1.82) is 0 Å². The zero-order chi connectivity index (χ0) is 26.9. The molecule has 3 aromatic carbocycles. The summed E-state index contributed by atoms with van der Waals surface area (Å²) in [6, 6.07) is 15.1. The quantitative estimate of drug-likeness (QED) is 0.270. The van der Waals surface area contributed by atoms with Gasteiger partial charge in [0.15, 0.2) is 0 Å². The number of alkyl halides is 3. The molecular formula is C31H33BF3O3. The number of rotatable bonds is 4. The van der Waals surface area contributed by atoms with E-state index in [0.717, 1.165) is 30.4 Å². The van der Waals surface area contributed by atoms with Crippen LogP contribution < -0.4 is 4.74 Å². The number of ether oxygens (including phenoxy) is 1. The van der Waals surface area contributed by atoms with Crippen LogP contribution in [0.5, 0.6) is 5.75 Å². The second kappa shape index (κ2) is 11.2. The average Bonchev–Trinajstić information content (AvgIpc) is 3.68. The second-order valence-electron chi connectivity index (χ2n) is 10.6. The van der Waals surface area contributed by atoms with Crippen molar-refractivity contribution in [2.45, 2.75) is 75.8 Å². The van der Waals surface area contributed by atoms with Gasteiger partial charge >= 0.3 is 13.9 Å². The van der Waals surface area contributed by atoms with E-state index >= 15 is 0 Å². The zero-order valence-corrected chi connectivity index (χ0v) is 21.7. The van der Waals surface area contributed by atoms with Crippen molar-refractivity contribution in [2.75, 3.05) is 7.11 Å². The van der Waals surface area contributed by atoms with Gasteiger partial charge < -0.3 is 14.8 Å². The van der Waals surface area contributed by atoms with Gasteiger partial charge in [0.05, 0.1) is 12.7 Å². The van der Waals surface area contributed by atoms with E-state index in [1.165, 1.54) is 91.1 Å². The number of hydrogen-bond donors (Lipinski definition) is 2. The molecule has 0 unspecified atom stereocenters. The topological polar surface area (TPSA) is 49.7 Å². The van der Waals surface area contributed by atoms with Crippen molar-refractivity contribution in [1.82, 2.24) is 0 Å². The van der Waals surface area contributed by atoms with Gasteiger partial charge in [0.1, 0.15) is 5.75 Å². The van der Waals surface area contributed by atoms with Gasteiger partial charge in [0.25, 0.3) is 0 Å². The molecule has 0 bridgehead atoms. The molecule has 3 nitrogen and oxygen atoms in total. The largest absolute Gasteiger partial charge is 0.496 e. The van der Waals surface area contributed by atoms with E-state index in [9.17, 15) is 13.2 Å². The van der Waals surface area contributed by atoms with Crippen molar-refractivity contribution in [3.8, 4) is 28.0 Å². The number of methoxy groups -OCH3 is 1. The third kappa shape index (κ3) is 4.98. The van der Waals surface area contributed by atoms with Crippen LogP contribution in [0.25, 0.3) is 22.3 Å². The molecule has 38 heavy (non-hydrogen) atoms. The zero-order valence-electron chi connectivity index (χ0n) is 21.7. The summed E-state index contributed by atoms with van der Waals surface area (Å²) >= 11 is 0. The van der Waals surface area contributed by atoms with Crippen LogP contribution >= 0.6 is 0 Å². The first-order valence-electron chi connectivity index (χ1n) is 13.5. The maximum Gasteiger partial charge on any atom is 0.482 e. The Morgan fingerprint density at radius 2 is 1.45 bits per heavy atom. The third-order valence-corrected chi connectivity index (χ3v) is 8.54. The molecular weight excluding hydrogens is 488 g/mol. The summed E-state index contributed by atoms with van der Waals surface area (Å²) in [5.74, 6) is 1.31. The maximum atomic E-state index is 13.6. The van der Waals surface area contributed by atoms with Crippen molar-refractivity contribution in [3.63, 3.8) is 0 Å². The predicted molar refractivity (Wildman–Crippen MR) is 144 cm³/mol. The molecule has 0 atom stereocenters. The molecule has 1 radical (unpaired) electrons. The lowest BCUT2D eigenvalue weighted by Crippen LogP contribution is -2.10. The Balaban J connectivity index is 0.000000937. The van der Waals surface area contributed by atoms with E-state index in [2.05, 4.69) is 30.3 Å². The molecule has 199 valence electrons. The van der Waals surface area contributed by atoms with Crippen LogP contribution in [0, 0.1) is 0 Å². The Morgan fingerprint density at radius 3 is 2.08 bits per heavy atom. The van der Waals surface area contributed by atoms with Gasteiger partial charge in [-0.1, -0.05) is 62.1 Å². The highest BCUT2D eigenvalue weighted by Gasteiger charge is 2.36. The van der Waals surface area contributed by atoms with Crippen LogP contribution in [0.3, 0.4) is 0 Å². The fourth-order valence-electron chi connectivity index (χ4n) is 6.92. The highest BCUT2D eigenvalue weighted by atomic mass is 19.4. The summed E-state index contributed by atoms with van der Waals surface area (Å²) < 4.78 is 46.4. The van der Waals surface area contributed by atoms with E-state index in [1.54, 1.807) is 6.07 Å². The van der Waals surface area contributed by atoms with Crippen molar-refractivity contribution < 1.29 is 28.0 Å². The minimum atomic E-state index is -4.40. The Morgan fingerprint density at radius 1 is 0.816 bits per heavy atom. The predicted octanol–water partition coefficient (Wildman–Crippen LogP) is 7.77. The van der Waals surface area contributed by atoms with Gasteiger partial charge in [-0.15, -0.1) is 0 Å². The normalized spacial score (nSPS) is 17.1. The standard InChI is InChI=1S/C31H31F3O.BH2O2/c1-35-28-17-22(31(32,33)34)14-15-24(28)30-27-16-21-12-6-7-13-23(21)26(27)18-25(19-8-2-3-9-19)29(30)20-10-4-5-11-20;2-1-3/h6-7,12-15,17-20H,2-5,8-11,16H2,1H3;2-3H. The van der Waals surface area contributed by atoms with Gasteiger partial charge in [-0.3, -0.25) is 0 Å². The molecule has 0 amide bonds. The van der Waals surface area contributed by atoms with Crippen LogP contribution in [0.2, 0.25) is 0 Å². The molecule has 0 aromatic heterocycles. The number of fused-ring (bicyclic) bond motifs is 3. The lowest BCUT2D eigenvalue weighted by Gasteiger charge is -2.28. The first-order valence-corrected chi connectivity index (χ1v) is 13.5. The molecule has 3 aliphatic carbocycles. The van der Waals surface area contributed by atoms with Crippen molar-refractivity contribution >= 4 is 7.69 Å². The van der Waals surface area contributed by atoms with Crippen LogP contribution in [-0.2, 0) is 12.6 Å². The third-order valence-electron chi connectivity index (χ3n) is 8.54. The lowest BCUT2D eigenvalue weighted by atomic mass is 9.77. The molecule has 2 saturated carbocycles. The molecule has 3 aromatic rings. The second-order valence-corrected chi connectivity index (χ2v) is 10.6. The molecule has 2 N–H and O–H groups in total. The summed E-state index contributed by atoms with van der Waals surface area (Å²) in [5, 5.41) is 14.0. The summed E-state index contributed by atoms with van der Waals surface area (Å²) in [7, 11) is 1.49. The van der Waals surface area contributed by atoms with Gasteiger partial charge in [-0.25, -0.2) is 0 Å². The summed E-state index contributed by atoms with van der Waals surface area (Å²) in [6.07, 6.45) is 6.06. The number of hydrogen-bond acceptors (Lipinski definition) is 3.